The van der Waals surface area contributed by atoms with E-state index < -0.39 is 5.60 Å². The summed E-state index contributed by atoms with van der Waals surface area (Å²) in [6.07, 6.45) is 12.3. The van der Waals surface area contributed by atoms with Gasteiger partial charge in [-0.25, -0.2) is 0 Å². The predicted octanol–water partition coefficient (Wildman–Crippen LogP) is 4.32. The molecule has 5 aliphatic rings. The second-order valence-corrected chi connectivity index (χ2v) is 9.28. The number of non-ortho nitro benzene ring substituents is 1. The van der Waals surface area contributed by atoms with Gasteiger partial charge in [0, 0.05) is 29.8 Å². The van der Waals surface area contributed by atoms with Crippen molar-refractivity contribution in [3.63, 3.8) is 0 Å². The van der Waals surface area contributed by atoms with Crippen LogP contribution in [0.25, 0.3) is 6.08 Å². The van der Waals surface area contributed by atoms with Crippen molar-refractivity contribution in [3.05, 3.63) is 40.0 Å². The molecule has 1 N–H and O–H groups in total. The van der Waals surface area contributed by atoms with E-state index in [1.54, 1.807) is 12.1 Å². The molecule has 1 aliphatic heterocycles. The number of hydrogen-bond donors (Lipinski definition) is 1. The van der Waals surface area contributed by atoms with E-state index in [9.17, 15) is 10.1 Å². The molecule has 0 amide bonds. The first-order valence-corrected chi connectivity index (χ1v) is 9.84. The maximum absolute atomic E-state index is 11.0. The number of rotatable bonds is 4. The van der Waals surface area contributed by atoms with E-state index in [1.165, 1.54) is 44.6 Å². The van der Waals surface area contributed by atoms with E-state index in [0.29, 0.717) is 5.54 Å². The maximum Gasteiger partial charge on any atom is 0.270 e. The summed E-state index contributed by atoms with van der Waals surface area (Å²) in [5.74, 6) is 3.50. The lowest BCUT2D eigenvalue weighted by Gasteiger charge is -2.57. The number of nitrogens with one attached hydrogen (secondary N) is 1. The highest BCUT2D eigenvalue weighted by Gasteiger charge is 2.51. The van der Waals surface area contributed by atoms with Gasteiger partial charge < -0.3 is 10.1 Å². The lowest BCUT2D eigenvalue weighted by Crippen LogP contribution is -2.61. The van der Waals surface area contributed by atoms with Crippen molar-refractivity contribution in [2.45, 2.75) is 56.6 Å². The first-order chi connectivity index (χ1) is 12.4. The van der Waals surface area contributed by atoms with Gasteiger partial charge >= 0.3 is 0 Å². The molecule has 0 saturated heterocycles. The number of benzene rings is 1. The van der Waals surface area contributed by atoms with Gasteiger partial charge in [-0.2, -0.15) is 0 Å². The van der Waals surface area contributed by atoms with Crippen LogP contribution in [0.15, 0.2) is 24.3 Å². The Bertz CT molecular complexity index is 752. The Labute approximate surface area is 154 Å². The summed E-state index contributed by atoms with van der Waals surface area (Å²) in [5.41, 5.74) is 0.788. The molecule has 5 nitrogen and oxygen atoms in total. The Kier molecular flexibility index (Phi) is 3.48. The van der Waals surface area contributed by atoms with Crippen molar-refractivity contribution < 1.29 is 9.66 Å². The summed E-state index contributed by atoms with van der Waals surface area (Å²) >= 11 is 0. The number of hydrogen-bond acceptors (Lipinski definition) is 4. The van der Waals surface area contributed by atoms with Gasteiger partial charge in [0.25, 0.3) is 5.69 Å². The molecule has 4 aliphatic carbocycles. The Morgan fingerprint density at radius 1 is 1.19 bits per heavy atom. The molecule has 4 fully saturated rings. The molecule has 6 rings (SSSR count). The Hall–Kier alpha value is -1.88. The summed E-state index contributed by atoms with van der Waals surface area (Å²) < 4.78 is 6.25. The largest absolute Gasteiger partial charge is 0.482 e. The zero-order chi connectivity index (χ0) is 17.9. The second kappa shape index (κ2) is 5.56. The Morgan fingerprint density at radius 2 is 1.85 bits per heavy atom. The van der Waals surface area contributed by atoms with Gasteiger partial charge in [0.1, 0.15) is 11.4 Å². The number of fused-ring (bicyclic) bond motifs is 1. The molecule has 5 heteroatoms. The van der Waals surface area contributed by atoms with Gasteiger partial charge in [-0.05, 0) is 75.3 Å². The predicted molar refractivity (Wildman–Crippen MR) is 100 cm³/mol. The number of nitro benzene ring substituents is 1. The van der Waals surface area contributed by atoms with Crippen LogP contribution in [0.5, 0.6) is 5.75 Å². The third-order valence-electron chi connectivity index (χ3n) is 7.02. The SMILES string of the molecule is CC1(CNC23CC4CC(CC(C4)C2)C3)C=Cc2cc([N+](=O)[O-])ccc2O1. The number of nitro groups is 1. The molecular weight excluding hydrogens is 328 g/mol. The van der Waals surface area contributed by atoms with Crippen molar-refractivity contribution in [3.8, 4) is 5.75 Å². The number of ether oxygens (including phenoxy) is 1. The normalized spacial score (nSPS) is 39.5. The van der Waals surface area contributed by atoms with E-state index in [4.69, 9.17) is 4.74 Å². The summed E-state index contributed by atoms with van der Waals surface area (Å²) in [6.45, 7) is 2.88. The summed E-state index contributed by atoms with van der Waals surface area (Å²) in [5, 5.41) is 14.9. The summed E-state index contributed by atoms with van der Waals surface area (Å²) in [7, 11) is 0. The third-order valence-corrected chi connectivity index (χ3v) is 7.02. The first-order valence-electron chi connectivity index (χ1n) is 9.84. The lowest BCUT2D eigenvalue weighted by atomic mass is 9.53. The minimum atomic E-state index is -0.410. The van der Waals surface area contributed by atoms with E-state index in [-0.39, 0.29) is 10.6 Å². The molecule has 138 valence electrons. The fourth-order valence-electron chi connectivity index (χ4n) is 6.21. The van der Waals surface area contributed by atoms with E-state index in [0.717, 1.165) is 35.6 Å². The van der Waals surface area contributed by atoms with Crippen LogP contribution in [0.1, 0.15) is 51.0 Å². The molecule has 1 atom stereocenters. The average molecular weight is 354 g/mol. The van der Waals surface area contributed by atoms with Gasteiger partial charge in [-0.3, -0.25) is 10.1 Å². The number of nitrogens with zero attached hydrogens (tertiary/aromatic N) is 1. The van der Waals surface area contributed by atoms with Crippen LogP contribution in [0, 0.1) is 27.9 Å². The molecule has 1 heterocycles. The van der Waals surface area contributed by atoms with Crippen LogP contribution in [0.4, 0.5) is 5.69 Å². The second-order valence-electron chi connectivity index (χ2n) is 9.28. The van der Waals surface area contributed by atoms with Crippen LogP contribution < -0.4 is 10.1 Å². The fourth-order valence-corrected chi connectivity index (χ4v) is 6.21. The summed E-state index contributed by atoms with van der Waals surface area (Å²) in [6, 6.07) is 4.82. The highest BCUT2D eigenvalue weighted by Crippen LogP contribution is 2.55. The molecule has 4 saturated carbocycles. The highest BCUT2D eigenvalue weighted by atomic mass is 16.6. The lowest BCUT2D eigenvalue weighted by molar-refractivity contribution is -0.384. The molecule has 1 aromatic carbocycles. The molecule has 26 heavy (non-hydrogen) atoms. The van der Waals surface area contributed by atoms with Crippen molar-refractivity contribution in [2.75, 3.05) is 6.54 Å². The quantitative estimate of drug-likeness (QED) is 0.646. The fraction of sp³-hybridized carbons (Fsp3) is 0.619. The standard InChI is InChI=1S/C21H26N2O3/c1-20(5-4-17-9-18(23(24)25)2-3-19(17)26-20)13-22-21-10-14-6-15(11-21)8-16(7-14)12-21/h2-5,9,14-16,22H,6-8,10-13H2,1H3. The Balaban J connectivity index is 1.31. The molecule has 0 spiro atoms. The monoisotopic (exact) mass is 354 g/mol. The van der Waals surface area contributed by atoms with Crippen molar-refractivity contribution in [2.24, 2.45) is 17.8 Å². The molecule has 0 aromatic heterocycles. The molecule has 1 aromatic rings. The topological polar surface area (TPSA) is 64.4 Å². The van der Waals surface area contributed by atoms with Gasteiger partial charge in [0.15, 0.2) is 0 Å². The van der Waals surface area contributed by atoms with Crippen molar-refractivity contribution in [1.82, 2.24) is 5.32 Å². The molecule has 0 radical (unpaired) electrons. The van der Waals surface area contributed by atoms with Gasteiger partial charge in [0.05, 0.1) is 4.92 Å². The summed E-state index contributed by atoms with van der Waals surface area (Å²) in [4.78, 5) is 10.6. The first kappa shape index (κ1) is 16.3. The van der Waals surface area contributed by atoms with Crippen LogP contribution in [0.2, 0.25) is 0 Å². The van der Waals surface area contributed by atoms with Crippen LogP contribution >= 0.6 is 0 Å². The zero-order valence-corrected chi connectivity index (χ0v) is 15.2. The minimum Gasteiger partial charge on any atom is -0.482 e. The van der Waals surface area contributed by atoms with E-state index in [1.807, 2.05) is 12.2 Å². The molecule has 4 bridgehead atoms. The van der Waals surface area contributed by atoms with Gasteiger partial charge in [-0.1, -0.05) is 6.08 Å². The third kappa shape index (κ3) is 2.73. The van der Waals surface area contributed by atoms with Gasteiger partial charge in [0.2, 0.25) is 0 Å². The smallest absolute Gasteiger partial charge is 0.270 e. The zero-order valence-electron chi connectivity index (χ0n) is 15.2. The van der Waals surface area contributed by atoms with Crippen LogP contribution in [-0.4, -0.2) is 22.6 Å². The van der Waals surface area contributed by atoms with E-state index >= 15 is 0 Å². The van der Waals surface area contributed by atoms with Crippen molar-refractivity contribution >= 4 is 11.8 Å². The minimum absolute atomic E-state index is 0.104. The average Bonchev–Trinajstić information content (AvgIpc) is 2.59. The highest BCUT2D eigenvalue weighted by molar-refractivity contribution is 5.64. The van der Waals surface area contributed by atoms with E-state index in [2.05, 4.69) is 12.2 Å². The van der Waals surface area contributed by atoms with Crippen molar-refractivity contribution in [1.29, 1.82) is 0 Å². The van der Waals surface area contributed by atoms with Gasteiger partial charge in [-0.15, -0.1) is 0 Å². The molecule has 1 unspecified atom stereocenters. The molecular formula is C21H26N2O3. The van der Waals surface area contributed by atoms with Crippen LogP contribution in [-0.2, 0) is 0 Å². The van der Waals surface area contributed by atoms with Crippen LogP contribution in [0.3, 0.4) is 0 Å². The maximum atomic E-state index is 11.0. The Morgan fingerprint density at radius 3 is 2.46 bits per heavy atom.